The van der Waals surface area contributed by atoms with Gasteiger partial charge in [0, 0.05) is 36.4 Å². The van der Waals surface area contributed by atoms with Crippen LogP contribution in [0.5, 0.6) is 0 Å². The van der Waals surface area contributed by atoms with Crippen molar-refractivity contribution >= 4 is 27.3 Å². The quantitative estimate of drug-likeness (QED) is 0.470. The molecule has 1 heterocycles. The zero-order chi connectivity index (χ0) is 25.0. The molecule has 0 radical (unpaired) electrons. The molecule has 184 valence electrons. The van der Waals surface area contributed by atoms with E-state index in [9.17, 15) is 22.0 Å². The van der Waals surface area contributed by atoms with Crippen molar-refractivity contribution in [3.05, 3.63) is 90.0 Å². The van der Waals surface area contributed by atoms with Crippen molar-refractivity contribution in [3.63, 3.8) is 0 Å². The van der Waals surface area contributed by atoms with Gasteiger partial charge in [-0.25, -0.2) is 17.2 Å². The fourth-order valence-corrected chi connectivity index (χ4v) is 5.69. The van der Waals surface area contributed by atoms with E-state index in [0.29, 0.717) is 11.8 Å². The van der Waals surface area contributed by atoms with Crippen molar-refractivity contribution in [3.8, 4) is 0 Å². The average molecular weight is 500 g/mol. The summed E-state index contributed by atoms with van der Waals surface area (Å²) in [7, 11) is -4.18. The van der Waals surface area contributed by atoms with Gasteiger partial charge in [-0.3, -0.25) is 4.79 Å². The first-order valence-corrected chi connectivity index (χ1v) is 12.9. The summed E-state index contributed by atoms with van der Waals surface area (Å²) in [5, 5.41) is 6.30. The summed E-state index contributed by atoms with van der Waals surface area (Å²) in [5.41, 5.74) is 2.73. The summed E-state index contributed by atoms with van der Waals surface area (Å²) in [5.74, 6) is -2.40. The molecule has 4 rings (SSSR count). The lowest BCUT2D eigenvalue weighted by Gasteiger charge is -2.30. The number of sulfonamides is 1. The van der Waals surface area contributed by atoms with Gasteiger partial charge in [0.05, 0.1) is 0 Å². The summed E-state index contributed by atoms with van der Waals surface area (Å²) in [6.07, 6.45) is 0.576. The van der Waals surface area contributed by atoms with Gasteiger partial charge in [0.15, 0.2) is 0 Å². The SMILES string of the molecule is CC(Nc1ccc(NC(=O)C2CCN(S(=O)(=O)c3cc(F)ccc3F)CC2)cc1)c1ccccc1. The lowest BCUT2D eigenvalue weighted by atomic mass is 9.97. The molecule has 1 aliphatic rings. The number of nitrogens with one attached hydrogen (secondary N) is 2. The summed E-state index contributed by atoms with van der Waals surface area (Å²) < 4.78 is 54.1. The molecule has 3 aromatic carbocycles. The highest BCUT2D eigenvalue weighted by molar-refractivity contribution is 7.89. The molecule has 9 heteroatoms. The van der Waals surface area contributed by atoms with Gasteiger partial charge >= 0.3 is 0 Å². The molecule has 1 aliphatic heterocycles. The highest BCUT2D eigenvalue weighted by Gasteiger charge is 2.33. The molecule has 1 atom stereocenters. The Hall–Kier alpha value is -3.30. The predicted octanol–water partition coefficient (Wildman–Crippen LogP) is 5.18. The van der Waals surface area contributed by atoms with E-state index in [4.69, 9.17) is 0 Å². The van der Waals surface area contributed by atoms with Gasteiger partial charge in [-0.1, -0.05) is 30.3 Å². The van der Waals surface area contributed by atoms with E-state index in [2.05, 4.69) is 29.7 Å². The monoisotopic (exact) mass is 499 g/mol. The smallest absolute Gasteiger partial charge is 0.246 e. The Morgan fingerprint density at radius 2 is 1.57 bits per heavy atom. The molecule has 0 saturated carbocycles. The highest BCUT2D eigenvalue weighted by atomic mass is 32.2. The number of carbonyl (C=O) groups is 1. The van der Waals surface area contributed by atoms with Gasteiger partial charge in [-0.05, 0) is 67.8 Å². The molecule has 6 nitrogen and oxygen atoms in total. The minimum Gasteiger partial charge on any atom is -0.379 e. The second kappa shape index (κ2) is 10.5. The van der Waals surface area contributed by atoms with E-state index in [0.717, 1.165) is 22.1 Å². The molecule has 1 amide bonds. The standard InChI is InChI=1S/C26H27F2N3O3S/c1-18(19-5-3-2-4-6-19)29-22-8-10-23(11-9-22)30-26(32)20-13-15-31(16-14-20)35(33,34)25-17-21(27)7-12-24(25)28/h2-12,17-18,20,29H,13-16H2,1H3,(H,30,32). The average Bonchev–Trinajstić information content (AvgIpc) is 2.87. The van der Waals surface area contributed by atoms with Crippen LogP contribution in [0.1, 0.15) is 31.4 Å². The maximum atomic E-state index is 14.0. The minimum atomic E-state index is -4.18. The number of piperidine rings is 1. The minimum absolute atomic E-state index is 0.0522. The fourth-order valence-electron chi connectivity index (χ4n) is 4.14. The van der Waals surface area contributed by atoms with Gasteiger partial charge in [0.25, 0.3) is 0 Å². The lowest BCUT2D eigenvalue weighted by molar-refractivity contribution is -0.120. The van der Waals surface area contributed by atoms with Crippen LogP contribution in [-0.4, -0.2) is 31.7 Å². The third-order valence-corrected chi connectivity index (χ3v) is 8.08. The maximum absolute atomic E-state index is 14.0. The number of carbonyl (C=O) groups excluding carboxylic acids is 1. The normalized spacial score (nSPS) is 16.0. The Morgan fingerprint density at radius 1 is 0.943 bits per heavy atom. The van der Waals surface area contributed by atoms with Gasteiger partial charge in [-0.2, -0.15) is 4.31 Å². The second-order valence-electron chi connectivity index (χ2n) is 8.60. The van der Waals surface area contributed by atoms with E-state index in [1.54, 1.807) is 0 Å². The number of nitrogens with zero attached hydrogens (tertiary/aromatic N) is 1. The first-order chi connectivity index (χ1) is 16.7. The van der Waals surface area contributed by atoms with Crippen molar-refractivity contribution in [1.82, 2.24) is 4.31 Å². The summed E-state index contributed by atoms with van der Waals surface area (Å²) in [6, 6.07) is 19.9. The lowest BCUT2D eigenvalue weighted by Crippen LogP contribution is -2.41. The third kappa shape index (κ3) is 5.86. The number of amides is 1. The molecule has 1 unspecified atom stereocenters. The molecule has 0 aromatic heterocycles. The Labute approximate surface area is 204 Å². The molecular formula is C26H27F2N3O3S. The first-order valence-electron chi connectivity index (χ1n) is 11.4. The topological polar surface area (TPSA) is 78.5 Å². The van der Waals surface area contributed by atoms with Crippen molar-refractivity contribution in [2.45, 2.75) is 30.7 Å². The largest absolute Gasteiger partial charge is 0.379 e. The van der Waals surface area contributed by atoms with Crippen LogP contribution < -0.4 is 10.6 Å². The van der Waals surface area contributed by atoms with E-state index in [1.807, 2.05) is 42.5 Å². The Kier molecular flexibility index (Phi) is 7.47. The van der Waals surface area contributed by atoms with E-state index in [-0.39, 0.29) is 43.8 Å². The summed E-state index contributed by atoms with van der Waals surface area (Å²) >= 11 is 0. The number of halogens is 2. The van der Waals surface area contributed by atoms with Crippen LogP contribution in [-0.2, 0) is 14.8 Å². The van der Waals surface area contributed by atoms with Gasteiger partial charge < -0.3 is 10.6 Å². The zero-order valence-corrected chi connectivity index (χ0v) is 20.1. The van der Waals surface area contributed by atoms with Crippen LogP contribution in [0, 0.1) is 17.6 Å². The van der Waals surface area contributed by atoms with Crippen LogP contribution in [0.15, 0.2) is 77.7 Å². The predicted molar refractivity (Wildman–Crippen MR) is 131 cm³/mol. The van der Waals surface area contributed by atoms with Crippen LogP contribution in [0.2, 0.25) is 0 Å². The van der Waals surface area contributed by atoms with Gasteiger partial charge in [0.2, 0.25) is 15.9 Å². The zero-order valence-electron chi connectivity index (χ0n) is 19.2. The maximum Gasteiger partial charge on any atom is 0.246 e. The van der Waals surface area contributed by atoms with Gasteiger partial charge in [0.1, 0.15) is 16.5 Å². The molecule has 0 aliphatic carbocycles. The number of anilines is 2. The van der Waals surface area contributed by atoms with E-state index < -0.39 is 26.6 Å². The molecule has 0 spiro atoms. The Morgan fingerprint density at radius 3 is 2.23 bits per heavy atom. The van der Waals surface area contributed by atoms with Crippen molar-refractivity contribution in [1.29, 1.82) is 0 Å². The summed E-state index contributed by atoms with van der Waals surface area (Å²) in [4.78, 5) is 12.1. The highest BCUT2D eigenvalue weighted by Crippen LogP contribution is 2.27. The fraction of sp³-hybridized carbons (Fsp3) is 0.269. The number of hydrogen-bond acceptors (Lipinski definition) is 4. The Bertz CT molecular complexity index is 1280. The van der Waals surface area contributed by atoms with Crippen molar-refractivity contribution < 1.29 is 22.0 Å². The van der Waals surface area contributed by atoms with Crippen molar-refractivity contribution in [2.75, 3.05) is 23.7 Å². The Balaban J connectivity index is 1.31. The second-order valence-corrected chi connectivity index (χ2v) is 10.5. The van der Waals surface area contributed by atoms with E-state index in [1.165, 1.54) is 5.56 Å². The molecule has 2 N–H and O–H groups in total. The number of rotatable bonds is 7. The van der Waals surface area contributed by atoms with Crippen LogP contribution in [0.3, 0.4) is 0 Å². The van der Waals surface area contributed by atoms with Crippen molar-refractivity contribution in [2.24, 2.45) is 5.92 Å². The van der Waals surface area contributed by atoms with E-state index >= 15 is 0 Å². The molecular weight excluding hydrogens is 472 g/mol. The van der Waals surface area contributed by atoms with Crippen LogP contribution in [0.4, 0.5) is 20.2 Å². The summed E-state index contributed by atoms with van der Waals surface area (Å²) in [6.45, 7) is 2.17. The molecule has 35 heavy (non-hydrogen) atoms. The first kappa shape index (κ1) is 24.8. The van der Waals surface area contributed by atoms with Crippen LogP contribution in [0.25, 0.3) is 0 Å². The number of benzene rings is 3. The molecule has 1 saturated heterocycles. The molecule has 0 bridgehead atoms. The molecule has 1 fully saturated rings. The molecule has 3 aromatic rings. The third-order valence-electron chi connectivity index (χ3n) is 6.17. The number of hydrogen-bond donors (Lipinski definition) is 2. The van der Waals surface area contributed by atoms with Gasteiger partial charge in [-0.15, -0.1) is 0 Å². The van der Waals surface area contributed by atoms with Crippen LogP contribution >= 0.6 is 0 Å².